The zero-order chi connectivity index (χ0) is 12.1. The van der Waals surface area contributed by atoms with Gasteiger partial charge < -0.3 is 9.47 Å². The molecule has 1 fully saturated rings. The smallest absolute Gasteiger partial charge is 0.0855 e. The summed E-state index contributed by atoms with van der Waals surface area (Å²) in [6, 6.07) is 0. The summed E-state index contributed by atoms with van der Waals surface area (Å²) in [5, 5.41) is 0. The predicted octanol–water partition coefficient (Wildman–Crippen LogP) is 3.96. The van der Waals surface area contributed by atoms with Crippen molar-refractivity contribution in [1.29, 1.82) is 0 Å². The third-order valence-electron chi connectivity index (χ3n) is 3.54. The van der Waals surface area contributed by atoms with Crippen molar-refractivity contribution in [3.8, 4) is 0 Å². The van der Waals surface area contributed by atoms with Crippen molar-refractivity contribution in [2.45, 2.75) is 63.6 Å². The second-order valence-electron chi connectivity index (χ2n) is 5.48. The van der Waals surface area contributed by atoms with Gasteiger partial charge in [-0.3, -0.25) is 0 Å². The Morgan fingerprint density at radius 2 is 1.69 bits per heavy atom. The Morgan fingerprint density at radius 3 is 2.12 bits per heavy atom. The number of hydrogen-bond acceptors (Lipinski definition) is 2. The van der Waals surface area contributed by atoms with Crippen LogP contribution in [0, 0.1) is 0 Å². The molecule has 0 aromatic rings. The van der Waals surface area contributed by atoms with Crippen LogP contribution in [0.5, 0.6) is 0 Å². The van der Waals surface area contributed by atoms with Gasteiger partial charge in [0, 0.05) is 11.5 Å². The first-order valence-corrected chi connectivity index (χ1v) is 7.81. The van der Waals surface area contributed by atoms with Crippen LogP contribution in [-0.2, 0) is 9.47 Å². The normalized spacial score (nSPS) is 21.8. The molecule has 0 aromatic carbocycles. The fourth-order valence-corrected chi connectivity index (χ4v) is 3.06. The molecule has 0 aliphatic heterocycles. The molecular formula is C13H25IO2. The second kappa shape index (κ2) is 6.55. The van der Waals surface area contributed by atoms with Crippen molar-refractivity contribution in [1.82, 2.24) is 0 Å². The van der Waals surface area contributed by atoms with Crippen LogP contribution in [-0.4, -0.2) is 29.3 Å². The van der Waals surface area contributed by atoms with E-state index >= 15 is 0 Å². The topological polar surface area (TPSA) is 18.5 Å². The first-order valence-electron chi connectivity index (χ1n) is 6.29. The van der Waals surface area contributed by atoms with Gasteiger partial charge in [-0.25, -0.2) is 0 Å². The molecule has 3 heteroatoms. The molecule has 0 heterocycles. The first kappa shape index (κ1) is 14.7. The molecular weight excluding hydrogens is 315 g/mol. The SMILES string of the molecule is COC(C)(C)COC1(CI)CCCCCC1. The van der Waals surface area contributed by atoms with E-state index in [1.165, 1.54) is 38.5 Å². The fourth-order valence-electron chi connectivity index (χ4n) is 2.08. The Labute approximate surface area is 114 Å². The Morgan fingerprint density at radius 1 is 1.12 bits per heavy atom. The summed E-state index contributed by atoms with van der Waals surface area (Å²) < 4.78 is 12.7. The van der Waals surface area contributed by atoms with Gasteiger partial charge >= 0.3 is 0 Å². The first-order chi connectivity index (χ1) is 7.54. The summed E-state index contributed by atoms with van der Waals surface area (Å²) in [6.45, 7) is 4.88. The molecule has 0 spiro atoms. The van der Waals surface area contributed by atoms with Gasteiger partial charge in [-0.05, 0) is 26.7 Å². The van der Waals surface area contributed by atoms with E-state index in [4.69, 9.17) is 9.47 Å². The Hall–Kier alpha value is 0.650. The van der Waals surface area contributed by atoms with Crippen LogP contribution in [0.1, 0.15) is 52.4 Å². The second-order valence-corrected chi connectivity index (χ2v) is 6.25. The maximum atomic E-state index is 6.22. The molecule has 1 saturated carbocycles. The highest BCUT2D eigenvalue weighted by atomic mass is 127. The van der Waals surface area contributed by atoms with E-state index in [-0.39, 0.29) is 11.2 Å². The minimum absolute atomic E-state index is 0.118. The van der Waals surface area contributed by atoms with Crippen LogP contribution in [0.3, 0.4) is 0 Å². The molecule has 0 atom stereocenters. The van der Waals surface area contributed by atoms with E-state index in [0.717, 1.165) is 4.43 Å². The van der Waals surface area contributed by atoms with Crippen molar-refractivity contribution >= 4 is 22.6 Å². The van der Waals surface area contributed by atoms with Crippen molar-refractivity contribution < 1.29 is 9.47 Å². The number of alkyl halides is 1. The number of hydrogen-bond donors (Lipinski definition) is 0. The van der Waals surface area contributed by atoms with Gasteiger partial charge in [0.15, 0.2) is 0 Å². The minimum atomic E-state index is -0.162. The summed E-state index contributed by atoms with van der Waals surface area (Å²) in [6.07, 6.45) is 7.81. The molecule has 0 N–H and O–H groups in total. The van der Waals surface area contributed by atoms with Gasteiger partial charge in [-0.15, -0.1) is 0 Å². The van der Waals surface area contributed by atoms with Gasteiger partial charge in [0.25, 0.3) is 0 Å². The van der Waals surface area contributed by atoms with Gasteiger partial charge in [-0.1, -0.05) is 48.3 Å². The van der Waals surface area contributed by atoms with E-state index in [0.29, 0.717) is 6.61 Å². The van der Waals surface area contributed by atoms with Gasteiger partial charge in [0.1, 0.15) is 0 Å². The highest BCUT2D eigenvalue weighted by molar-refractivity contribution is 14.1. The molecule has 16 heavy (non-hydrogen) atoms. The monoisotopic (exact) mass is 340 g/mol. The number of rotatable bonds is 5. The van der Waals surface area contributed by atoms with Crippen molar-refractivity contribution in [2.24, 2.45) is 0 Å². The average Bonchev–Trinajstić information content (AvgIpc) is 2.53. The molecule has 2 nitrogen and oxygen atoms in total. The van der Waals surface area contributed by atoms with Crippen molar-refractivity contribution in [3.63, 3.8) is 0 Å². The van der Waals surface area contributed by atoms with Crippen LogP contribution in [0.15, 0.2) is 0 Å². The lowest BCUT2D eigenvalue weighted by Gasteiger charge is -2.35. The molecule has 1 aliphatic carbocycles. The van der Waals surface area contributed by atoms with Crippen LogP contribution >= 0.6 is 22.6 Å². The number of halogens is 1. The summed E-state index contributed by atoms with van der Waals surface area (Å²) in [7, 11) is 1.76. The van der Waals surface area contributed by atoms with Crippen molar-refractivity contribution in [3.05, 3.63) is 0 Å². The summed E-state index contributed by atoms with van der Waals surface area (Å²) in [5.41, 5.74) is -0.0437. The minimum Gasteiger partial charge on any atom is -0.376 e. The van der Waals surface area contributed by atoms with Gasteiger partial charge in [-0.2, -0.15) is 0 Å². The summed E-state index contributed by atoms with van der Waals surface area (Å²) in [4.78, 5) is 0. The molecule has 0 bridgehead atoms. The Balaban J connectivity index is 2.51. The standard InChI is InChI=1S/C13H25IO2/c1-12(2,15-3)11-16-13(10-14)8-6-4-5-7-9-13/h4-11H2,1-3H3. The summed E-state index contributed by atoms with van der Waals surface area (Å²) in [5.74, 6) is 0. The van der Waals surface area contributed by atoms with Crippen LogP contribution in [0.25, 0.3) is 0 Å². The molecule has 0 radical (unpaired) electrons. The van der Waals surface area contributed by atoms with E-state index in [1.807, 2.05) is 0 Å². The predicted molar refractivity (Wildman–Crippen MR) is 76.4 cm³/mol. The van der Waals surface area contributed by atoms with E-state index in [2.05, 4.69) is 36.4 Å². The molecule has 1 rings (SSSR count). The highest BCUT2D eigenvalue weighted by Gasteiger charge is 2.32. The lowest BCUT2D eigenvalue weighted by atomic mass is 9.96. The molecule has 96 valence electrons. The van der Waals surface area contributed by atoms with Crippen molar-refractivity contribution in [2.75, 3.05) is 18.1 Å². The third-order valence-corrected chi connectivity index (χ3v) is 4.93. The molecule has 0 unspecified atom stereocenters. The zero-order valence-corrected chi connectivity index (χ0v) is 13.0. The molecule has 0 amide bonds. The van der Waals surface area contributed by atoms with Crippen LogP contribution in [0.2, 0.25) is 0 Å². The van der Waals surface area contributed by atoms with E-state index in [9.17, 15) is 0 Å². The highest BCUT2D eigenvalue weighted by Crippen LogP contribution is 2.33. The van der Waals surface area contributed by atoms with E-state index in [1.54, 1.807) is 7.11 Å². The Bertz CT molecular complexity index is 196. The maximum Gasteiger partial charge on any atom is 0.0855 e. The Kier molecular flexibility index (Phi) is 6.02. The largest absolute Gasteiger partial charge is 0.376 e. The van der Waals surface area contributed by atoms with Crippen LogP contribution < -0.4 is 0 Å². The van der Waals surface area contributed by atoms with E-state index < -0.39 is 0 Å². The molecule has 0 saturated heterocycles. The maximum absolute atomic E-state index is 6.22. The lowest BCUT2D eigenvalue weighted by Crippen LogP contribution is -2.40. The van der Waals surface area contributed by atoms with Gasteiger partial charge in [0.05, 0.1) is 17.8 Å². The summed E-state index contributed by atoms with van der Waals surface area (Å²) >= 11 is 2.47. The van der Waals surface area contributed by atoms with Crippen LogP contribution in [0.4, 0.5) is 0 Å². The zero-order valence-electron chi connectivity index (χ0n) is 10.9. The quantitative estimate of drug-likeness (QED) is 0.429. The average molecular weight is 340 g/mol. The molecule has 0 aromatic heterocycles. The number of methoxy groups -OCH3 is 1. The lowest BCUT2D eigenvalue weighted by molar-refractivity contribution is -0.114. The number of ether oxygens (including phenoxy) is 2. The third kappa shape index (κ3) is 4.49. The fraction of sp³-hybridized carbons (Fsp3) is 1.00. The molecule has 1 aliphatic rings. The van der Waals surface area contributed by atoms with Gasteiger partial charge in [0.2, 0.25) is 0 Å².